The van der Waals surface area contributed by atoms with Crippen molar-refractivity contribution in [2.24, 2.45) is 0 Å². The topological polar surface area (TPSA) is 79.4 Å². The van der Waals surface area contributed by atoms with Crippen molar-refractivity contribution in [3.05, 3.63) is 59.7 Å². The number of hydrogen-bond acceptors (Lipinski definition) is 6. The van der Waals surface area contributed by atoms with Crippen LogP contribution >= 0.6 is 11.6 Å². The Morgan fingerprint density at radius 1 is 1.22 bits per heavy atom. The summed E-state index contributed by atoms with van der Waals surface area (Å²) in [5, 5.41) is 6.85. The molecule has 1 saturated heterocycles. The summed E-state index contributed by atoms with van der Waals surface area (Å²) < 4.78 is 19.8. The number of rotatable bonds is 8. The third-order valence-corrected chi connectivity index (χ3v) is 7.11. The van der Waals surface area contributed by atoms with Crippen molar-refractivity contribution in [1.82, 2.24) is 14.9 Å². The Morgan fingerprint density at radius 3 is 2.81 bits per heavy atom. The van der Waals surface area contributed by atoms with E-state index in [0.717, 1.165) is 32.4 Å². The molecule has 1 aromatic heterocycles. The van der Waals surface area contributed by atoms with Gasteiger partial charge in [-0.15, -0.1) is 0 Å². The molecule has 0 spiro atoms. The number of halogens is 2. The molecule has 2 heterocycles. The molecule has 1 atom stereocenters. The van der Waals surface area contributed by atoms with Crippen LogP contribution in [0, 0.1) is 5.82 Å². The van der Waals surface area contributed by atoms with Crippen LogP contribution in [-0.4, -0.2) is 46.0 Å². The molecule has 5 rings (SSSR count). The predicted octanol–water partition coefficient (Wildman–Crippen LogP) is 6.08. The molecule has 3 aromatic rings. The zero-order valence-electron chi connectivity index (χ0n) is 20.1. The van der Waals surface area contributed by atoms with Gasteiger partial charge in [0.15, 0.2) is 0 Å². The van der Waals surface area contributed by atoms with Crippen LogP contribution in [0.4, 0.5) is 21.6 Å². The predicted molar refractivity (Wildman–Crippen MR) is 141 cm³/mol. The Labute approximate surface area is 214 Å². The molecule has 1 aliphatic carbocycles. The first-order valence-corrected chi connectivity index (χ1v) is 12.7. The van der Waals surface area contributed by atoms with Crippen LogP contribution in [0.25, 0.3) is 10.9 Å². The number of likely N-dealkylation sites (tertiary alicyclic amines) is 1. The molecule has 0 bridgehead atoms. The van der Waals surface area contributed by atoms with Crippen LogP contribution in [0.2, 0.25) is 5.02 Å². The summed E-state index contributed by atoms with van der Waals surface area (Å²) in [5.41, 5.74) is 1.79. The molecule has 2 fully saturated rings. The first kappa shape index (κ1) is 24.5. The van der Waals surface area contributed by atoms with Crippen molar-refractivity contribution >= 4 is 45.6 Å². The number of nitrogens with zero attached hydrogens (tertiary/aromatic N) is 3. The number of ether oxygens (including phenoxy) is 1. The highest BCUT2D eigenvalue weighted by atomic mass is 35.5. The molecule has 0 radical (unpaired) electrons. The lowest BCUT2D eigenvalue weighted by Crippen LogP contribution is -2.27. The molecule has 7 nitrogen and oxygen atoms in total. The Hall–Kier alpha value is -3.23. The number of carbonyl (C=O) groups is 1. The van der Waals surface area contributed by atoms with E-state index in [-0.39, 0.29) is 17.0 Å². The Morgan fingerprint density at radius 2 is 2.08 bits per heavy atom. The van der Waals surface area contributed by atoms with Crippen molar-refractivity contribution < 1.29 is 13.9 Å². The summed E-state index contributed by atoms with van der Waals surface area (Å²) >= 11 is 5.94. The number of anilines is 3. The summed E-state index contributed by atoms with van der Waals surface area (Å²) in [6, 6.07) is 8.54. The molecular formula is C27H29ClFN5O2. The lowest BCUT2D eigenvalue weighted by Gasteiger charge is -2.27. The van der Waals surface area contributed by atoms with Crippen LogP contribution in [0.15, 0.2) is 48.8 Å². The van der Waals surface area contributed by atoms with Gasteiger partial charge in [-0.25, -0.2) is 14.4 Å². The second kappa shape index (κ2) is 10.8. The summed E-state index contributed by atoms with van der Waals surface area (Å²) in [6.07, 6.45) is 10.6. The summed E-state index contributed by atoms with van der Waals surface area (Å²) in [5.74, 6) is 0.365. The van der Waals surface area contributed by atoms with Crippen molar-refractivity contribution in [2.45, 2.75) is 51.2 Å². The molecule has 1 unspecified atom stereocenters. The molecular weight excluding hydrogens is 481 g/mol. The zero-order valence-corrected chi connectivity index (χ0v) is 20.9. The van der Waals surface area contributed by atoms with E-state index >= 15 is 0 Å². The van der Waals surface area contributed by atoms with E-state index in [1.165, 1.54) is 31.3 Å². The van der Waals surface area contributed by atoms with E-state index in [1.54, 1.807) is 12.1 Å². The van der Waals surface area contributed by atoms with Gasteiger partial charge in [0.05, 0.1) is 22.3 Å². The van der Waals surface area contributed by atoms with E-state index in [1.807, 2.05) is 18.2 Å². The smallest absolute Gasteiger partial charge is 0.248 e. The highest BCUT2D eigenvalue weighted by Gasteiger charge is 2.22. The monoisotopic (exact) mass is 509 g/mol. The average molecular weight is 510 g/mol. The second-order valence-corrected chi connectivity index (χ2v) is 9.80. The maximum atomic E-state index is 13.6. The summed E-state index contributed by atoms with van der Waals surface area (Å²) in [4.78, 5) is 23.9. The molecule has 9 heteroatoms. The van der Waals surface area contributed by atoms with E-state index < -0.39 is 5.82 Å². The fourth-order valence-electron chi connectivity index (χ4n) is 4.49. The molecule has 2 aliphatic rings. The van der Waals surface area contributed by atoms with Gasteiger partial charge in [-0.2, -0.15) is 0 Å². The molecule has 188 valence electrons. The van der Waals surface area contributed by atoms with Gasteiger partial charge in [0.1, 0.15) is 23.7 Å². The van der Waals surface area contributed by atoms with Crippen molar-refractivity contribution in [3.8, 4) is 5.75 Å². The maximum absolute atomic E-state index is 13.6. The first-order chi connectivity index (χ1) is 17.5. The fraction of sp³-hybridized carbons (Fsp3) is 0.370. The largest absolute Gasteiger partial charge is 0.488 e. The van der Waals surface area contributed by atoms with E-state index in [4.69, 9.17) is 16.3 Å². The molecule has 1 amide bonds. The Balaban J connectivity index is 1.41. The van der Waals surface area contributed by atoms with Gasteiger partial charge in [0, 0.05) is 35.8 Å². The van der Waals surface area contributed by atoms with Gasteiger partial charge in [0.25, 0.3) is 0 Å². The third kappa shape index (κ3) is 5.60. The Kier molecular flexibility index (Phi) is 7.34. The third-order valence-electron chi connectivity index (χ3n) is 6.82. The van der Waals surface area contributed by atoms with E-state index in [9.17, 15) is 9.18 Å². The highest BCUT2D eigenvalue weighted by molar-refractivity contribution is 6.31. The number of nitrogens with one attached hydrogen (secondary N) is 2. The Bertz CT molecular complexity index is 1300. The summed E-state index contributed by atoms with van der Waals surface area (Å²) in [6.45, 7) is 4.03. The average Bonchev–Trinajstić information content (AvgIpc) is 3.24. The van der Waals surface area contributed by atoms with E-state index in [2.05, 4.69) is 32.4 Å². The normalized spacial score (nSPS) is 18.5. The van der Waals surface area contributed by atoms with Gasteiger partial charge < -0.3 is 15.4 Å². The van der Waals surface area contributed by atoms with Crippen molar-refractivity contribution in [3.63, 3.8) is 0 Å². The van der Waals surface area contributed by atoms with E-state index in [0.29, 0.717) is 39.9 Å². The van der Waals surface area contributed by atoms with Crippen LogP contribution in [0.5, 0.6) is 5.75 Å². The second-order valence-electron chi connectivity index (χ2n) is 9.39. The van der Waals surface area contributed by atoms with Gasteiger partial charge >= 0.3 is 0 Å². The maximum Gasteiger partial charge on any atom is 0.248 e. The van der Waals surface area contributed by atoms with Crippen LogP contribution in [-0.2, 0) is 4.79 Å². The quantitative estimate of drug-likeness (QED) is 0.358. The number of aromatic nitrogens is 2. The van der Waals surface area contributed by atoms with Gasteiger partial charge in [-0.3, -0.25) is 9.69 Å². The van der Waals surface area contributed by atoms with Crippen LogP contribution < -0.4 is 15.4 Å². The molecule has 1 aliphatic heterocycles. The highest BCUT2D eigenvalue weighted by Crippen LogP contribution is 2.36. The lowest BCUT2D eigenvalue weighted by molar-refractivity contribution is -0.111. The molecule has 2 N–H and O–H groups in total. The van der Waals surface area contributed by atoms with Crippen LogP contribution in [0.3, 0.4) is 0 Å². The molecule has 36 heavy (non-hydrogen) atoms. The molecule has 2 aromatic carbocycles. The number of hydrogen-bond donors (Lipinski definition) is 2. The first-order valence-electron chi connectivity index (χ1n) is 12.4. The number of fused-ring (bicyclic) bond motifs is 1. The molecule has 1 saturated carbocycles. The van der Waals surface area contributed by atoms with Gasteiger partial charge in [-0.05, 0) is 69.8 Å². The number of benzene rings is 2. The SMILES string of the molecule is CC1CCCN1CC=CC(=O)Nc1cc2c(Nc3ccc(F)c(Cl)c3)ncnc2cc1OC1CCC1. The lowest BCUT2D eigenvalue weighted by atomic mass is 9.96. The van der Waals surface area contributed by atoms with Gasteiger partial charge in [0.2, 0.25) is 5.91 Å². The van der Waals surface area contributed by atoms with Crippen molar-refractivity contribution in [1.29, 1.82) is 0 Å². The van der Waals surface area contributed by atoms with Crippen LogP contribution in [0.1, 0.15) is 39.0 Å². The minimum Gasteiger partial charge on any atom is -0.488 e. The number of carbonyl (C=O) groups excluding carboxylic acids is 1. The standard InChI is InChI=1S/C27H29ClFN5O2/c1-17-5-3-11-34(17)12-4-8-26(35)33-24-14-20-23(15-25(24)36-19-6-2-7-19)30-16-31-27(20)32-18-9-10-22(29)21(28)13-18/h4,8-10,13-17,19H,2-3,5-7,11-12H2,1H3,(H,33,35)(H,30,31,32). The number of amides is 1. The van der Waals surface area contributed by atoms with Gasteiger partial charge in [-0.1, -0.05) is 17.7 Å². The zero-order chi connectivity index (χ0) is 25.1. The fourth-order valence-corrected chi connectivity index (χ4v) is 4.67. The van der Waals surface area contributed by atoms with Crippen molar-refractivity contribution in [2.75, 3.05) is 23.7 Å². The minimum absolute atomic E-state index is 0.0117. The summed E-state index contributed by atoms with van der Waals surface area (Å²) in [7, 11) is 0. The minimum atomic E-state index is -0.496.